The molecule has 4 aliphatic carbocycles. The van der Waals surface area contributed by atoms with Gasteiger partial charge in [0, 0.05) is 24.7 Å². The minimum absolute atomic E-state index is 0.161. The van der Waals surface area contributed by atoms with Crippen LogP contribution in [-0.4, -0.2) is 33.5 Å². The molecule has 8 atom stereocenters. The van der Waals surface area contributed by atoms with Crippen LogP contribution in [0.5, 0.6) is 0 Å². The van der Waals surface area contributed by atoms with E-state index in [0.29, 0.717) is 36.4 Å². The molecule has 0 aromatic carbocycles. The molecule has 4 heteroatoms. The minimum Gasteiger partial charge on any atom is -0.390 e. The van der Waals surface area contributed by atoms with Crippen molar-refractivity contribution in [1.82, 2.24) is 0 Å². The fourth-order valence-electron chi connectivity index (χ4n) is 7.60. The largest absolute Gasteiger partial charge is 0.390 e. The Kier molecular flexibility index (Phi) is 3.81. The molecule has 140 valence electrons. The lowest BCUT2D eigenvalue weighted by Gasteiger charge is -2.60. The highest BCUT2D eigenvalue weighted by molar-refractivity contribution is 5.91. The van der Waals surface area contributed by atoms with E-state index >= 15 is 0 Å². The molecule has 25 heavy (non-hydrogen) atoms. The number of hydrogen-bond acceptors (Lipinski definition) is 4. The van der Waals surface area contributed by atoms with E-state index in [2.05, 4.69) is 6.92 Å². The summed E-state index contributed by atoms with van der Waals surface area (Å²) in [7, 11) is 0. The molecule has 0 aliphatic heterocycles. The molecule has 0 amide bonds. The van der Waals surface area contributed by atoms with Crippen LogP contribution >= 0.6 is 0 Å². The van der Waals surface area contributed by atoms with Crippen LogP contribution < -0.4 is 0 Å². The molecule has 0 aromatic heterocycles. The molecule has 5 unspecified atom stereocenters. The van der Waals surface area contributed by atoms with Gasteiger partial charge in [-0.05, 0) is 68.1 Å². The molecule has 4 saturated carbocycles. The summed E-state index contributed by atoms with van der Waals surface area (Å²) >= 11 is 0. The van der Waals surface area contributed by atoms with Crippen molar-refractivity contribution >= 4 is 11.6 Å². The van der Waals surface area contributed by atoms with Crippen LogP contribution in [0.3, 0.4) is 0 Å². The number of aliphatic hydroxyl groups excluding tert-OH is 1. The van der Waals surface area contributed by atoms with E-state index in [0.717, 1.165) is 38.5 Å². The van der Waals surface area contributed by atoms with Crippen LogP contribution in [0.4, 0.5) is 0 Å². The third-order valence-electron chi connectivity index (χ3n) is 9.18. The summed E-state index contributed by atoms with van der Waals surface area (Å²) < 4.78 is 0. The van der Waals surface area contributed by atoms with Gasteiger partial charge < -0.3 is 10.2 Å². The van der Waals surface area contributed by atoms with E-state index < -0.39 is 17.1 Å². The molecule has 0 saturated heterocycles. The molecule has 4 fully saturated rings. The van der Waals surface area contributed by atoms with Crippen molar-refractivity contribution in [3.63, 3.8) is 0 Å². The first kappa shape index (κ1) is 17.7. The topological polar surface area (TPSA) is 74.6 Å². The zero-order valence-electron chi connectivity index (χ0n) is 15.8. The Hall–Kier alpha value is -0.740. The second-order valence-corrected chi connectivity index (χ2v) is 9.93. The molecule has 4 nitrogen and oxygen atoms in total. The molecule has 0 heterocycles. The van der Waals surface area contributed by atoms with Crippen molar-refractivity contribution in [2.75, 3.05) is 0 Å². The van der Waals surface area contributed by atoms with Gasteiger partial charge in [-0.2, -0.15) is 0 Å². The second-order valence-electron chi connectivity index (χ2n) is 9.93. The number of rotatable bonds is 1. The quantitative estimate of drug-likeness (QED) is 0.764. The molecular weight excluding hydrogens is 316 g/mol. The first-order valence-electron chi connectivity index (χ1n) is 10.1. The molecule has 4 aliphatic rings. The zero-order valence-corrected chi connectivity index (χ0v) is 15.8. The summed E-state index contributed by atoms with van der Waals surface area (Å²) in [4.78, 5) is 24.7. The number of fused-ring (bicyclic) bond motifs is 5. The summed E-state index contributed by atoms with van der Waals surface area (Å²) in [5, 5.41) is 21.4. The number of aliphatic hydroxyl groups is 2. The van der Waals surface area contributed by atoms with Crippen LogP contribution in [0.1, 0.15) is 72.1 Å². The van der Waals surface area contributed by atoms with Gasteiger partial charge in [-0.15, -0.1) is 0 Å². The summed E-state index contributed by atoms with van der Waals surface area (Å²) in [5.41, 5.74) is -1.91. The number of carbonyl (C=O) groups is 2. The second kappa shape index (κ2) is 5.39. The highest BCUT2D eigenvalue weighted by atomic mass is 16.4. The molecule has 2 N–H and O–H groups in total. The fourth-order valence-corrected chi connectivity index (χ4v) is 7.60. The third kappa shape index (κ3) is 2.07. The first-order chi connectivity index (χ1) is 11.6. The Morgan fingerprint density at radius 1 is 1.04 bits per heavy atom. The number of hydrogen-bond donors (Lipinski definition) is 2. The summed E-state index contributed by atoms with van der Waals surface area (Å²) in [6.45, 7) is 5.97. The summed E-state index contributed by atoms with van der Waals surface area (Å²) in [5.74, 6) is 1.88. The van der Waals surface area contributed by atoms with Crippen molar-refractivity contribution in [1.29, 1.82) is 0 Å². The van der Waals surface area contributed by atoms with Crippen molar-refractivity contribution in [3.05, 3.63) is 0 Å². The van der Waals surface area contributed by atoms with Crippen molar-refractivity contribution < 1.29 is 19.8 Å². The number of ketones is 2. The van der Waals surface area contributed by atoms with Crippen LogP contribution in [0.2, 0.25) is 0 Å². The Labute approximate surface area is 150 Å². The van der Waals surface area contributed by atoms with E-state index in [-0.39, 0.29) is 17.1 Å². The molecule has 4 rings (SSSR count). The lowest BCUT2D eigenvalue weighted by Crippen LogP contribution is -2.60. The Morgan fingerprint density at radius 2 is 1.76 bits per heavy atom. The Balaban J connectivity index is 1.68. The maximum absolute atomic E-state index is 12.7. The standard InChI is InChI=1S/C21H32O4/c1-12(22)21(25)18(24)11-17-15-5-4-13-10-14(23)6-8-19(13,2)16(15)7-9-20(17,21)3/h12-13,15-17,22,25H,4-11H2,1-3H3/t12?,13?,15?,16?,17?,19-,20-,21+/m0/s1. The lowest BCUT2D eigenvalue weighted by molar-refractivity contribution is -0.187. The SMILES string of the molecule is CC(O)[C@@]1(O)C(=O)CC2C3CCC4CC(=O)CC[C@]4(C)C3CC[C@@]21C. The minimum atomic E-state index is -1.59. The summed E-state index contributed by atoms with van der Waals surface area (Å²) in [6, 6.07) is 0. The molecule has 0 aromatic rings. The predicted octanol–water partition coefficient (Wildman–Crippen LogP) is 2.89. The van der Waals surface area contributed by atoms with Crippen molar-refractivity contribution in [2.45, 2.75) is 83.8 Å². The van der Waals surface area contributed by atoms with Gasteiger partial charge in [0.05, 0.1) is 6.10 Å². The van der Waals surface area contributed by atoms with Gasteiger partial charge in [0.25, 0.3) is 0 Å². The normalized spacial score (nSPS) is 53.8. The lowest BCUT2D eigenvalue weighted by atomic mass is 9.44. The van der Waals surface area contributed by atoms with Crippen LogP contribution in [0, 0.1) is 34.5 Å². The van der Waals surface area contributed by atoms with Gasteiger partial charge in [0.1, 0.15) is 5.78 Å². The van der Waals surface area contributed by atoms with E-state index in [1.807, 2.05) is 6.92 Å². The highest BCUT2D eigenvalue weighted by Gasteiger charge is 2.69. The molecule has 0 spiro atoms. The zero-order chi connectivity index (χ0) is 18.2. The monoisotopic (exact) mass is 348 g/mol. The van der Waals surface area contributed by atoms with E-state index in [1.54, 1.807) is 6.92 Å². The van der Waals surface area contributed by atoms with Crippen molar-refractivity contribution in [3.8, 4) is 0 Å². The van der Waals surface area contributed by atoms with Gasteiger partial charge in [0.2, 0.25) is 0 Å². The van der Waals surface area contributed by atoms with Crippen molar-refractivity contribution in [2.24, 2.45) is 34.5 Å². The van der Waals surface area contributed by atoms with Crippen LogP contribution in [0.15, 0.2) is 0 Å². The number of Topliss-reactive ketones (excluding diaryl/α,β-unsaturated/α-hetero) is 2. The van der Waals surface area contributed by atoms with Gasteiger partial charge >= 0.3 is 0 Å². The molecule has 0 radical (unpaired) electrons. The average Bonchev–Trinajstić information content (AvgIpc) is 2.77. The molecule has 0 bridgehead atoms. The Bertz CT molecular complexity index is 613. The molecular formula is C21H32O4. The van der Waals surface area contributed by atoms with Gasteiger partial charge in [0.15, 0.2) is 11.4 Å². The smallest absolute Gasteiger partial charge is 0.167 e. The fraction of sp³-hybridized carbons (Fsp3) is 0.905. The maximum atomic E-state index is 12.7. The van der Waals surface area contributed by atoms with Gasteiger partial charge in [-0.3, -0.25) is 9.59 Å². The predicted molar refractivity (Wildman–Crippen MR) is 93.8 cm³/mol. The van der Waals surface area contributed by atoms with E-state index in [9.17, 15) is 19.8 Å². The summed E-state index contributed by atoms with van der Waals surface area (Å²) in [6.07, 6.45) is 5.72. The average molecular weight is 348 g/mol. The maximum Gasteiger partial charge on any atom is 0.167 e. The highest BCUT2D eigenvalue weighted by Crippen LogP contribution is 2.67. The number of carbonyl (C=O) groups excluding carboxylic acids is 2. The van der Waals surface area contributed by atoms with Crippen LogP contribution in [-0.2, 0) is 9.59 Å². The van der Waals surface area contributed by atoms with Gasteiger partial charge in [-0.1, -0.05) is 13.8 Å². The van der Waals surface area contributed by atoms with E-state index in [1.165, 1.54) is 0 Å². The first-order valence-corrected chi connectivity index (χ1v) is 10.1. The van der Waals surface area contributed by atoms with Crippen LogP contribution in [0.25, 0.3) is 0 Å². The van der Waals surface area contributed by atoms with Gasteiger partial charge in [-0.25, -0.2) is 0 Å². The Morgan fingerprint density at radius 3 is 2.44 bits per heavy atom. The third-order valence-corrected chi connectivity index (χ3v) is 9.18. The van der Waals surface area contributed by atoms with E-state index in [4.69, 9.17) is 0 Å².